The Morgan fingerprint density at radius 1 is 1.47 bits per heavy atom. The number of amides is 2. The molecule has 1 aliphatic carbocycles. The van der Waals surface area contributed by atoms with Gasteiger partial charge in [-0.25, -0.2) is 4.79 Å². The average molecular weight is 297 g/mol. The molecule has 0 radical (unpaired) electrons. The van der Waals surface area contributed by atoms with Gasteiger partial charge in [-0.05, 0) is 37.3 Å². The van der Waals surface area contributed by atoms with Crippen molar-refractivity contribution in [2.45, 2.75) is 25.8 Å². The summed E-state index contributed by atoms with van der Waals surface area (Å²) in [6, 6.07) is 7.85. The molecule has 0 heterocycles. The second-order valence-electron chi connectivity index (χ2n) is 4.54. The summed E-state index contributed by atoms with van der Waals surface area (Å²) in [6.07, 6.45) is 2.50. The minimum atomic E-state index is -0.0832. The molecule has 2 N–H and O–H groups in total. The third-order valence-corrected chi connectivity index (χ3v) is 3.69. The van der Waals surface area contributed by atoms with Gasteiger partial charge < -0.3 is 10.6 Å². The fraction of sp³-hybridized carbons (Fsp3) is 0.462. The first-order valence-electron chi connectivity index (χ1n) is 5.95. The van der Waals surface area contributed by atoms with Crippen molar-refractivity contribution in [2.24, 2.45) is 5.92 Å². The van der Waals surface area contributed by atoms with E-state index in [1.54, 1.807) is 0 Å². The van der Waals surface area contributed by atoms with E-state index in [9.17, 15) is 4.79 Å². The van der Waals surface area contributed by atoms with Crippen molar-refractivity contribution in [3.63, 3.8) is 0 Å². The average Bonchev–Trinajstić information content (AvgIpc) is 3.10. The molecule has 92 valence electrons. The first-order valence-corrected chi connectivity index (χ1v) is 6.75. The van der Waals surface area contributed by atoms with Crippen molar-refractivity contribution in [1.82, 2.24) is 10.6 Å². The van der Waals surface area contributed by atoms with E-state index in [2.05, 4.69) is 26.6 Å². The predicted octanol–water partition coefficient (Wildman–Crippen LogP) is 3.22. The third kappa shape index (κ3) is 3.73. The van der Waals surface area contributed by atoms with Crippen LogP contribution in [0.15, 0.2) is 28.7 Å². The molecule has 1 saturated carbocycles. The Kier molecular flexibility index (Phi) is 4.05. The SMILES string of the molecule is C[C@H](NC(=O)NCC1CC1)c1ccccc1Br. The van der Waals surface area contributed by atoms with E-state index >= 15 is 0 Å². The summed E-state index contributed by atoms with van der Waals surface area (Å²) in [6.45, 7) is 2.78. The van der Waals surface area contributed by atoms with Gasteiger partial charge in [0.25, 0.3) is 0 Å². The van der Waals surface area contributed by atoms with Crippen LogP contribution in [0.3, 0.4) is 0 Å². The Balaban J connectivity index is 1.85. The molecule has 0 saturated heterocycles. The highest BCUT2D eigenvalue weighted by atomic mass is 79.9. The molecule has 0 aliphatic heterocycles. The van der Waals surface area contributed by atoms with Gasteiger partial charge in [-0.3, -0.25) is 0 Å². The molecule has 17 heavy (non-hydrogen) atoms. The van der Waals surface area contributed by atoms with Crippen molar-refractivity contribution in [3.8, 4) is 0 Å². The fourth-order valence-corrected chi connectivity index (χ4v) is 2.34. The Morgan fingerprint density at radius 2 is 2.18 bits per heavy atom. The number of carbonyl (C=O) groups excluding carboxylic acids is 1. The molecule has 0 spiro atoms. The van der Waals surface area contributed by atoms with Crippen LogP contribution < -0.4 is 10.6 Å². The number of hydrogen-bond acceptors (Lipinski definition) is 1. The minimum Gasteiger partial charge on any atom is -0.338 e. The highest BCUT2D eigenvalue weighted by Crippen LogP contribution is 2.27. The lowest BCUT2D eigenvalue weighted by atomic mass is 10.1. The number of halogens is 1. The molecular formula is C13H17BrN2O. The highest BCUT2D eigenvalue weighted by Gasteiger charge is 2.22. The quantitative estimate of drug-likeness (QED) is 0.880. The van der Waals surface area contributed by atoms with Gasteiger partial charge in [0.1, 0.15) is 0 Å². The van der Waals surface area contributed by atoms with Crippen LogP contribution >= 0.6 is 15.9 Å². The molecule has 1 aromatic carbocycles. The van der Waals surface area contributed by atoms with E-state index in [1.807, 2.05) is 31.2 Å². The van der Waals surface area contributed by atoms with Crippen molar-refractivity contribution >= 4 is 22.0 Å². The van der Waals surface area contributed by atoms with Gasteiger partial charge in [-0.2, -0.15) is 0 Å². The smallest absolute Gasteiger partial charge is 0.315 e. The van der Waals surface area contributed by atoms with Crippen LogP contribution in [0.1, 0.15) is 31.4 Å². The Morgan fingerprint density at radius 3 is 2.82 bits per heavy atom. The number of urea groups is 1. The van der Waals surface area contributed by atoms with E-state index in [1.165, 1.54) is 12.8 Å². The van der Waals surface area contributed by atoms with Gasteiger partial charge in [0.05, 0.1) is 6.04 Å². The zero-order valence-electron chi connectivity index (χ0n) is 9.87. The van der Waals surface area contributed by atoms with Gasteiger partial charge in [0.15, 0.2) is 0 Å². The standard InChI is InChI=1S/C13H17BrN2O/c1-9(11-4-2-3-5-12(11)14)16-13(17)15-8-10-6-7-10/h2-5,9-10H,6-8H2,1H3,(H2,15,16,17)/t9-/m0/s1. The lowest BCUT2D eigenvalue weighted by Gasteiger charge is -2.16. The largest absolute Gasteiger partial charge is 0.338 e. The van der Waals surface area contributed by atoms with Gasteiger partial charge in [-0.15, -0.1) is 0 Å². The molecule has 4 heteroatoms. The maximum Gasteiger partial charge on any atom is 0.315 e. The monoisotopic (exact) mass is 296 g/mol. The fourth-order valence-electron chi connectivity index (χ4n) is 1.71. The van der Waals surface area contributed by atoms with Crippen LogP contribution in [0.25, 0.3) is 0 Å². The summed E-state index contributed by atoms with van der Waals surface area (Å²) in [5.41, 5.74) is 1.09. The highest BCUT2D eigenvalue weighted by molar-refractivity contribution is 9.10. The Bertz CT molecular complexity index is 404. The lowest BCUT2D eigenvalue weighted by Crippen LogP contribution is -2.38. The van der Waals surface area contributed by atoms with Crippen molar-refractivity contribution in [2.75, 3.05) is 6.54 Å². The third-order valence-electron chi connectivity index (χ3n) is 2.97. The molecule has 0 unspecified atom stereocenters. The molecule has 3 nitrogen and oxygen atoms in total. The van der Waals surface area contributed by atoms with E-state index < -0.39 is 0 Å². The maximum absolute atomic E-state index is 11.6. The number of benzene rings is 1. The van der Waals surface area contributed by atoms with Crippen LogP contribution in [0.4, 0.5) is 4.79 Å². The minimum absolute atomic E-state index is 0.00442. The number of nitrogens with one attached hydrogen (secondary N) is 2. The van der Waals surface area contributed by atoms with Crippen LogP contribution in [0.2, 0.25) is 0 Å². The molecule has 0 aromatic heterocycles. The maximum atomic E-state index is 11.6. The molecule has 1 aliphatic rings. The first-order chi connectivity index (χ1) is 8.16. The van der Waals surface area contributed by atoms with E-state index in [0.717, 1.165) is 16.6 Å². The van der Waals surface area contributed by atoms with Crippen LogP contribution in [-0.4, -0.2) is 12.6 Å². The normalized spacial score (nSPS) is 16.4. The van der Waals surface area contributed by atoms with Crippen LogP contribution in [0.5, 0.6) is 0 Å². The summed E-state index contributed by atoms with van der Waals surface area (Å²) in [7, 11) is 0. The summed E-state index contributed by atoms with van der Waals surface area (Å²) < 4.78 is 1.02. The zero-order chi connectivity index (χ0) is 12.3. The second-order valence-corrected chi connectivity index (χ2v) is 5.40. The summed E-state index contributed by atoms with van der Waals surface area (Å²) in [5, 5.41) is 5.84. The molecular weight excluding hydrogens is 280 g/mol. The topological polar surface area (TPSA) is 41.1 Å². The number of hydrogen-bond donors (Lipinski definition) is 2. The number of rotatable bonds is 4. The van der Waals surface area contributed by atoms with Gasteiger partial charge >= 0.3 is 6.03 Å². The van der Waals surface area contributed by atoms with Crippen molar-refractivity contribution in [3.05, 3.63) is 34.3 Å². The zero-order valence-corrected chi connectivity index (χ0v) is 11.5. The van der Waals surface area contributed by atoms with Crippen molar-refractivity contribution in [1.29, 1.82) is 0 Å². The molecule has 1 fully saturated rings. The van der Waals surface area contributed by atoms with Crippen molar-refractivity contribution < 1.29 is 4.79 Å². The first kappa shape index (κ1) is 12.4. The summed E-state index contributed by atoms with van der Waals surface area (Å²) in [5.74, 6) is 0.708. The van der Waals surface area contributed by atoms with E-state index in [-0.39, 0.29) is 12.1 Å². The molecule has 0 bridgehead atoms. The predicted molar refractivity (Wildman–Crippen MR) is 71.8 cm³/mol. The second kappa shape index (κ2) is 5.54. The molecule has 1 atom stereocenters. The van der Waals surface area contributed by atoms with E-state index in [4.69, 9.17) is 0 Å². The van der Waals surface area contributed by atoms with Crippen LogP contribution in [-0.2, 0) is 0 Å². The molecule has 2 amide bonds. The molecule has 1 aromatic rings. The summed E-state index contributed by atoms with van der Waals surface area (Å²) in [4.78, 5) is 11.6. The molecule has 2 rings (SSSR count). The lowest BCUT2D eigenvalue weighted by molar-refractivity contribution is 0.237. The Labute approximate surface area is 110 Å². The Hall–Kier alpha value is -1.03. The van der Waals surface area contributed by atoms with Gasteiger partial charge in [0.2, 0.25) is 0 Å². The van der Waals surface area contributed by atoms with Crippen LogP contribution in [0, 0.1) is 5.92 Å². The van der Waals surface area contributed by atoms with Gasteiger partial charge in [0, 0.05) is 11.0 Å². The summed E-state index contributed by atoms with van der Waals surface area (Å²) >= 11 is 3.49. The van der Waals surface area contributed by atoms with Gasteiger partial charge in [-0.1, -0.05) is 34.1 Å². The number of carbonyl (C=O) groups is 1. The van der Waals surface area contributed by atoms with E-state index in [0.29, 0.717) is 5.92 Å².